The van der Waals surface area contributed by atoms with Gasteiger partial charge < -0.3 is 36.5 Å². The van der Waals surface area contributed by atoms with Gasteiger partial charge in [-0.05, 0) is 64.4 Å². The summed E-state index contributed by atoms with van der Waals surface area (Å²) in [7, 11) is 0. The summed E-state index contributed by atoms with van der Waals surface area (Å²) in [6.07, 6.45) is 0.644. The Bertz CT molecular complexity index is 1560. The number of hydrogen-bond donors (Lipinski definition) is 7. The maximum absolute atomic E-state index is 13.4. The summed E-state index contributed by atoms with van der Waals surface area (Å²) < 4.78 is 6.46. The first-order valence-corrected chi connectivity index (χ1v) is 12.9. The van der Waals surface area contributed by atoms with Crippen LogP contribution < -0.4 is 27.2 Å². The second-order valence-electron chi connectivity index (χ2n) is 10.7. The molecular formula is C28H35N7O7. The van der Waals surface area contributed by atoms with Gasteiger partial charge in [-0.3, -0.25) is 19.5 Å². The van der Waals surface area contributed by atoms with Crippen molar-refractivity contribution in [1.82, 2.24) is 14.9 Å². The lowest BCUT2D eigenvalue weighted by Gasteiger charge is -2.20. The topological polar surface area (TPSA) is 213 Å². The van der Waals surface area contributed by atoms with E-state index in [0.29, 0.717) is 11.1 Å². The maximum atomic E-state index is 13.4. The molecule has 0 atom stereocenters. The lowest BCUT2D eigenvalue weighted by Crippen LogP contribution is -2.35. The third-order valence-electron chi connectivity index (χ3n) is 5.58. The zero-order valence-corrected chi connectivity index (χ0v) is 23.9. The molecule has 0 aliphatic rings. The maximum Gasteiger partial charge on any atom is 0.412 e. The molecule has 2 amide bonds. The van der Waals surface area contributed by atoms with Crippen LogP contribution in [0, 0.1) is 0 Å². The number of aromatic nitrogens is 2. The number of amidine groups is 1. The smallest absolute Gasteiger partial charge is 0.412 e. The summed E-state index contributed by atoms with van der Waals surface area (Å²) in [6, 6.07) is 8.44. The highest BCUT2D eigenvalue weighted by Gasteiger charge is 2.19. The minimum Gasteiger partial charge on any atom is -0.508 e. The molecule has 0 aliphatic heterocycles. The van der Waals surface area contributed by atoms with Gasteiger partial charge in [-0.15, -0.1) is 0 Å². The fraction of sp³-hybridized carbons (Fsp3) is 0.321. The van der Waals surface area contributed by atoms with E-state index in [0.717, 1.165) is 0 Å². The van der Waals surface area contributed by atoms with Gasteiger partial charge >= 0.3 is 6.09 Å². The van der Waals surface area contributed by atoms with Crippen molar-refractivity contribution in [2.75, 3.05) is 10.6 Å². The van der Waals surface area contributed by atoms with Gasteiger partial charge in [0.05, 0.1) is 17.5 Å². The first-order chi connectivity index (χ1) is 19.7. The number of anilines is 2. The highest BCUT2D eigenvalue weighted by atomic mass is 16.6. The molecule has 0 aliphatic carbocycles. The van der Waals surface area contributed by atoms with Crippen LogP contribution in [0.15, 0.2) is 52.5 Å². The van der Waals surface area contributed by atoms with Crippen molar-refractivity contribution in [3.63, 3.8) is 0 Å². The summed E-state index contributed by atoms with van der Waals surface area (Å²) in [6.45, 7) is 8.38. The summed E-state index contributed by atoms with van der Waals surface area (Å²) in [5.74, 6) is -1.23. The molecule has 42 heavy (non-hydrogen) atoms. The number of ether oxygens (including phenoxy) is 1. The molecule has 224 valence electrons. The zero-order valence-electron chi connectivity index (χ0n) is 23.9. The van der Waals surface area contributed by atoms with E-state index in [4.69, 9.17) is 15.7 Å². The van der Waals surface area contributed by atoms with Crippen molar-refractivity contribution in [2.24, 2.45) is 10.9 Å². The average Bonchev–Trinajstić information content (AvgIpc) is 2.87. The van der Waals surface area contributed by atoms with Crippen LogP contribution in [-0.4, -0.2) is 54.5 Å². The minimum atomic E-state index is -0.747. The van der Waals surface area contributed by atoms with Gasteiger partial charge in [-0.1, -0.05) is 11.2 Å². The van der Waals surface area contributed by atoms with Crippen molar-refractivity contribution in [1.29, 1.82) is 0 Å². The van der Waals surface area contributed by atoms with Crippen molar-refractivity contribution in [3.05, 3.63) is 64.1 Å². The number of nitrogens with one attached hydrogen (secondary N) is 3. The predicted octanol–water partition coefficient (Wildman–Crippen LogP) is 2.90. The Morgan fingerprint density at radius 3 is 2.48 bits per heavy atom. The third kappa shape index (κ3) is 8.36. The van der Waals surface area contributed by atoms with E-state index in [2.05, 4.69) is 26.1 Å². The van der Waals surface area contributed by atoms with E-state index >= 15 is 0 Å². The second-order valence-corrected chi connectivity index (χ2v) is 10.7. The largest absolute Gasteiger partial charge is 0.508 e. The van der Waals surface area contributed by atoms with Crippen molar-refractivity contribution < 1.29 is 29.7 Å². The molecule has 3 rings (SSSR count). The van der Waals surface area contributed by atoms with Gasteiger partial charge in [0, 0.05) is 29.9 Å². The van der Waals surface area contributed by atoms with Gasteiger partial charge in [0.1, 0.15) is 23.6 Å². The summed E-state index contributed by atoms with van der Waals surface area (Å²) in [5, 5.41) is 40.4. The van der Waals surface area contributed by atoms with Crippen LogP contribution in [0.5, 0.6) is 11.5 Å². The van der Waals surface area contributed by atoms with Crippen molar-refractivity contribution >= 4 is 29.3 Å². The number of nitrogens with zero attached hydrogens (tertiary/aromatic N) is 3. The van der Waals surface area contributed by atoms with Gasteiger partial charge in [-0.25, -0.2) is 9.78 Å². The Labute approximate surface area is 241 Å². The minimum absolute atomic E-state index is 0.00515. The molecule has 0 radical (unpaired) electrons. The first kappa shape index (κ1) is 31.3. The number of carbonyl (C=O) groups excluding carboxylic acids is 2. The van der Waals surface area contributed by atoms with E-state index in [9.17, 15) is 24.6 Å². The lowest BCUT2D eigenvalue weighted by molar-refractivity contribution is -0.121. The molecule has 0 spiro atoms. The quantitative estimate of drug-likeness (QED) is 0.0849. The van der Waals surface area contributed by atoms with Crippen LogP contribution in [0.25, 0.3) is 11.3 Å². The number of rotatable bonds is 9. The lowest BCUT2D eigenvalue weighted by atomic mass is 10.1. The number of hydrogen-bond acceptors (Lipinski definition) is 10. The molecule has 0 bridgehead atoms. The van der Waals surface area contributed by atoms with Gasteiger partial charge in [0.25, 0.3) is 5.56 Å². The highest BCUT2D eigenvalue weighted by molar-refractivity contribution is 5.99. The van der Waals surface area contributed by atoms with E-state index in [1.165, 1.54) is 41.1 Å². The number of aromatic hydroxyl groups is 2. The Morgan fingerprint density at radius 2 is 1.86 bits per heavy atom. The van der Waals surface area contributed by atoms with Crippen LogP contribution in [0.4, 0.5) is 16.3 Å². The summed E-state index contributed by atoms with van der Waals surface area (Å²) in [4.78, 5) is 42.9. The SMILES string of the molecule is CC(C)Nc1ncc(-c2cc(O)cc(NC(=O)OC(C)(C)C)c2)n(CC(=O)NCc2ccc(/C(N)=N/O)c(O)c2)c1=O. The van der Waals surface area contributed by atoms with Crippen LogP contribution in [0.2, 0.25) is 0 Å². The normalized spacial score (nSPS) is 11.7. The number of phenolic OH excluding ortho intramolecular Hbond substituents is 2. The number of nitrogens with two attached hydrogens (primary N) is 1. The number of benzene rings is 2. The zero-order chi connectivity index (χ0) is 31.2. The first-order valence-electron chi connectivity index (χ1n) is 12.9. The molecule has 3 aromatic rings. The highest BCUT2D eigenvalue weighted by Crippen LogP contribution is 2.28. The van der Waals surface area contributed by atoms with E-state index in [1.54, 1.807) is 26.8 Å². The molecule has 0 unspecified atom stereocenters. The monoisotopic (exact) mass is 581 g/mol. The number of carbonyl (C=O) groups is 2. The molecule has 14 heteroatoms. The van der Waals surface area contributed by atoms with E-state index in [-0.39, 0.29) is 52.7 Å². The Hall–Kier alpha value is -5.27. The summed E-state index contributed by atoms with van der Waals surface area (Å²) in [5.41, 5.74) is 5.54. The predicted molar refractivity (Wildman–Crippen MR) is 157 cm³/mol. The Kier molecular flexibility index (Phi) is 9.62. The van der Waals surface area contributed by atoms with Crippen molar-refractivity contribution in [3.8, 4) is 22.8 Å². The molecule has 2 aromatic carbocycles. The second kappa shape index (κ2) is 12.9. The van der Waals surface area contributed by atoms with Crippen LogP contribution >= 0.6 is 0 Å². The molecular weight excluding hydrogens is 546 g/mol. The van der Waals surface area contributed by atoms with E-state index in [1.807, 2.05) is 13.8 Å². The standard InChI is InChI=1S/C28H35N7O7/c1-15(2)32-25-26(39)35(14-23(38)30-12-16-6-7-20(22(37)8-16)24(29)34-41)21(13-31-25)17-9-18(11-19(36)10-17)33-27(40)42-28(3,4)5/h6-11,13,15,36-37,41H,12,14H2,1-5H3,(H2,29,34)(H,30,38)(H,31,32)(H,33,40). The molecule has 1 heterocycles. The fourth-order valence-electron chi connectivity index (χ4n) is 3.86. The summed E-state index contributed by atoms with van der Waals surface area (Å²) >= 11 is 0. The third-order valence-corrected chi connectivity index (χ3v) is 5.58. The molecule has 0 saturated heterocycles. The fourth-order valence-corrected chi connectivity index (χ4v) is 3.86. The van der Waals surface area contributed by atoms with Crippen molar-refractivity contribution in [2.45, 2.75) is 59.4 Å². The number of phenols is 2. The Morgan fingerprint density at radius 1 is 1.14 bits per heavy atom. The average molecular weight is 582 g/mol. The van der Waals surface area contributed by atoms with Gasteiger partial charge in [0.15, 0.2) is 11.7 Å². The molecule has 1 aromatic heterocycles. The van der Waals surface area contributed by atoms with Crippen LogP contribution in [0.1, 0.15) is 45.7 Å². The van der Waals surface area contributed by atoms with Gasteiger partial charge in [-0.2, -0.15) is 0 Å². The van der Waals surface area contributed by atoms with Crippen LogP contribution in [0.3, 0.4) is 0 Å². The Balaban J connectivity index is 1.92. The number of oxime groups is 1. The number of amides is 2. The molecule has 0 saturated carbocycles. The molecule has 14 nitrogen and oxygen atoms in total. The van der Waals surface area contributed by atoms with Crippen LogP contribution in [-0.2, 0) is 22.6 Å². The molecule has 0 fully saturated rings. The molecule has 8 N–H and O–H groups in total. The van der Waals surface area contributed by atoms with E-state index < -0.39 is 29.7 Å². The van der Waals surface area contributed by atoms with Gasteiger partial charge in [0.2, 0.25) is 5.91 Å².